The summed E-state index contributed by atoms with van der Waals surface area (Å²) in [6.07, 6.45) is 1.47. The maximum Gasteiger partial charge on any atom is 0.316 e. The van der Waals surface area contributed by atoms with Crippen LogP contribution in [0.4, 0.5) is 5.69 Å². The van der Waals surface area contributed by atoms with Crippen molar-refractivity contribution in [2.24, 2.45) is 0 Å². The standard InChI is InChI=1S/C19H20ClNO5S/c1-3-26-18(22)19(10-11-19)13-4-6-14(7-5-13)21-27(23,24)15-8-9-17(25-2)16(20)12-15/h4-9,12,21H,3,10-11H2,1-2H3. The highest BCUT2D eigenvalue weighted by Crippen LogP contribution is 2.49. The Balaban J connectivity index is 1.78. The predicted octanol–water partition coefficient (Wildman–Crippen LogP) is 3.74. The van der Waals surface area contributed by atoms with Crippen LogP contribution in [0.25, 0.3) is 0 Å². The van der Waals surface area contributed by atoms with Gasteiger partial charge in [0.25, 0.3) is 10.0 Å². The maximum atomic E-state index is 12.6. The first-order chi connectivity index (χ1) is 12.8. The van der Waals surface area contributed by atoms with Gasteiger partial charge in [0.1, 0.15) is 5.75 Å². The van der Waals surface area contributed by atoms with Gasteiger partial charge < -0.3 is 9.47 Å². The summed E-state index contributed by atoms with van der Waals surface area (Å²) in [7, 11) is -2.34. The van der Waals surface area contributed by atoms with E-state index in [2.05, 4.69) is 4.72 Å². The number of anilines is 1. The van der Waals surface area contributed by atoms with Gasteiger partial charge in [-0.25, -0.2) is 8.42 Å². The van der Waals surface area contributed by atoms with Crippen molar-refractivity contribution in [3.63, 3.8) is 0 Å². The minimum Gasteiger partial charge on any atom is -0.495 e. The van der Waals surface area contributed by atoms with Gasteiger partial charge in [0.2, 0.25) is 0 Å². The molecule has 0 aliphatic heterocycles. The van der Waals surface area contributed by atoms with E-state index < -0.39 is 15.4 Å². The van der Waals surface area contributed by atoms with Crippen LogP contribution in [0.5, 0.6) is 5.75 Å². The number of methoxy groups -OCH3 is 1. The van der Waals surface area contributed by atoms with Crippen LogP contribution in [0, 0.1) is 0 Å². The lowest BCUT2D eigenvalue weighted by Crippen LogP contribution is -2.23. The summed E-state index contributed by atoms with van der Waals surface area (Å²) in [4.78, 5) is 12.2. The van der Waals surface area contributed by atoms with Crippen molar-refractivity contribution in [2.75, 3.05) is 18.4 Å². The summed E-state index contributed by atoms with van der Waals surface area (Å²) in [6, 6.07) is 11.0. The molecule has 0 radical (unpaired) electrons. The van der Waals surface area contributed by atoms with Gasteiger partial charge in [-0.2, -0.15) is 0 Å². The van der Waals surface area contributed by atoms with E-state index in [9.17, 15) is 13.2 Å². The van der Waals surface area contributed by atoms with Crippen molar-refractivity contribution >= 4 is 33.3 Å². The van der Waals surface area contributed by atoms with E-state index >= 15 is 0 Å². The van der Waals surface area contributed by atoms with Crippen molar-refractivity contribution < 1.29 is 22.7 Å². The molecule has 3 rings (SSSR count). The summed E-state index contributed by atoms with van der Waals surface area (Å²) in [6.45, 7) is 2.11. The molecule has 8 heteroatoms. The van der Waals surface area contributed by atoms with Crippen LogP contribution < -0.4 is 9.46 Å². The van der Waals surface area contributed by atoms with Crippen LogP contribution in [-0.4, -0.2) is 28.1 Å². The molecule has 0 atom stereocenters. The summed E-state index contributed by atoms with van der Waals surface area (Å²) in [5.74, 6) is 0.167. The number of sulfonamides is 1. The van der Waals surface area contributed by atoms with E-state index in [0.717, 1.165) is 18.4 Å². The molecule has 2 aromatic carbocycles. The molecule has 2 aromatic rings. The molecule has 0 bridgehead atoms. The number of esters is 1. The van der Waals surface area contributed by atoms with Crippen molar-refractivity contribution in [3.8, 4) is 5.75 Å². The second-order valence-corrected chi connectivity index (χ2v) is 8.37. The van der Waals surface area contributed by atoms with Crippen molar-refractivity contribution in [1.29, 1.82) is 0 Å². The molecule has 6 nitrogen and oxygen atoms in total. The number of ether oxygens (including phenoxy) is 2. The fraction of sp³-hybridized carbons (Fsp3) is 0.316. The molecule has 0 saturated heterocycles. The zero-order chi connectivity index (χ0) is 19.7. The number of carbonyl (C=O) groups is 1. The fourth-order valence-corrected chi connectivity index (χ4v) is 4.30. The highest BCUT2D eigenvalue weighted by atomic mass is 35.5. The third kappa shape index (κ3) is 3.89. The van der Waals surface area contributed by atoms with E-state index in [4.69, 9.17) is 21.1 Å². The molecule has 1 saturated carbocycles. The lowest BCUT2D eigenvalue weighted by Gasteiger charge is -2.15. The number of hydrogen-bond donors (Lipinski definition) is 1. The third-order valence-corrected chi connectivity index (χ3v) is 6.21. The Morgan fingerprint density at radius 1 is 1.19 bits per heavy atom. The smallest absolute Gasteiger partial charge is 0.316 e. The Morgan fingerprint density at radius 3 is 2.37 bits per heavy atom. The largest absolute Gasteiger partial charge is 0.495 e. The minimum atomic E-state index is -3.80. The monoisotopic (exact) mass is 409 g/mol. The van der Waals surface area contributed by atoms with Crippen LogP contribution in [0.2, 0.25) is 5.02 Å². The maximum absolute atomic E-state index is 12.6. The molecule has 144 valence electrons. The summed E-state index contributed by atoms with van der Waals surface area (Å²) in [5.41, 5.74) is 0.637. The van der Waals surface area contributed by atoms with Gasteiger partial charge >= 0.3 is 5.97 Å². The summed E-state index contributed by atoms with van der Waals surface area (Å²) >= 11 is 6.01. The molecule has 1 fully saturated rings. The molecule has 0 unspecified atom stereocenters. The molecule has 1 aliphatic rings. The minimum absolute atomic E-state index is 0.0302. The Bertz CT molecular complexity index is 953. The number of benzene rings is 2. The predicted molar refractivity (Wildman–Crippen MR) is 103 cm³/mol. The molecule has 0 spiro atoms. The molecule has 1 aliphatic carbocycles. The van der Waals surface area contributed by atoms with Gasteiger partial charge in [0, 0.05) is 5.69 Å². The normalized spacial score (nSPS) is 15.1. The lowest BCUT2D eigenvalue weighted by molar-refractivity contribution is -0.146. The Morgan fingerprint density at radius 2 is 1.85 bits per heavy atom. The highest BCUT2D eigenvalue weighted by molar-refractivity contribution is 7.92. The van der Waals surface area contributed by atoms with Crippen LogP contribution in [0.3, 0.4) is 0 Å². The summed E-state index contributed by atoms with van der Waals surface area (Å²) in [5, 5.41) is 0.209. The second-order valence-electron chi connectivity index (χ2n) is 6.28. The summed E-state index contributed by atoms with van der Waals surface area (Å²) < 4.78 is 37.8. The van der Waals surface area contributed by atoms with Gasteiger partial charge in [-0.15, -0.1) is 0 Å². The first-order valence-electron chi connectivity index (χ1n) is 8.46. The SMILES string of the molecule is CCOC(=O)C1(c2ccc(NS(=O)(=O)c3ccc(OC)c(Cl)c3)cc2)CC1. The van der Waals surface area contributed by atoms with E-state index in [1.165, 1.54) is 25.3 Å². The van der Waals surface area contributed by atoms with E-state index in [0.29, 0.717) is 18.0 Å². The van der Waals surface area contributed by atoms with Crippen LogP contribution in [-0.2, 0) is 25.0 Å². The van der Waals surface area contributed by atoms with Crippen molar-refractivity contribution in [2.45, 2.75) is 30.1 Å². The zero-order valence-electron chi connectivity index (χ0n) is 15.0. The molecule has 27 heavy (non-hydrogen) atoms. The number of rotatable bonds is 7. The molecule has 1 N–H and O–H groups in total. The second kappa shape index (κ2) is 7.40. The van der Waals surface area contributed by atoms with Gasteiger partial charge in [-0.05, 0) is 55.7 Å². The topological polar surface area (TPSA) is 81.7 Å². The molecular weight excluding hydrogens is 390 g/mol. The number of hydrogen-bond acceptors (Lipinski definition) is 5. The first-order valence-corrected chi connectivity index (χ1v) is 10.3. The third-order valence-electron chi connectivity index (χ3n) is 4.54. The van der Waals surface area contributed by atoms with Gasteiger partial charge in [-0.3, -0.25) is 9.52 Å². The van der Waals surface area contributed by atoms with Crippen molar-refractivity contribution in [3.05, 3.63) is 53.1 Å². The molecule has 0 aromatic heterocycles. The average Bonchev–Trinajstić information content (AvgIpc) is 3.44. The Kier molecular flexibility index (Phi) is 5.35. The van der Waals surface area contributed by atoms with E-state index in [1.807, 2.05) is 0 Å². The average molecular weight is 410 g/mol. The Hall–Kier alpha value is -2.25. The number of halogens is 1. The highest BCUT2D eigenvalue weighted by Gasteiger charge is 2.52. The number of nitrogens with one attached hydrogen (secondary N) is 1. The number of carbonyl (C=O) groups excluding carboxylic acids is 1. The Labute approximate surface area is 163 Å². The quantitative estimate of drug-likeness (QED) is 0.704. The molecule has 0 amide bonds. The lowest BCUT2D eigenvalue weighted by atomic mass is 9.96. The van der Waals surface area contributed by atoms with Crippen LogP contribution in [0.1, 0.15) is 25.3 Å². The van der Waals surface area contributed by atoms with Gasteiger partial charge in [0.15, 0.2) is 0 Å². The van der Waals surface area contributed by atoms with Gasteiger partial charge in [-0.1, -0.05) is 23.7 Å². The first kappa shape index (κ1) is 19.5. The van der Waals surface area contributed by atoms with Crippen molar-refractivity contribution in [1.82, 2.24) is 0 Å². The van der Waals surface area contributed by atoms with E-state index in [-0.39, 0.29) is 15.9 Å². The van der Waals surface area contributed by atoms with Crippen LogP contribution in [0.15, 0.2) is 47.4 Å². The zero-order valence-corrected chi connectivity index (χ0v) is 16.6. The van der Waals surface area contributed by atoms with E-state index in [1.54, 1.807) is 31.2 Å². The fourth-order valence-electron chi connectivity index (χ4n) is 2.89. The molecule has 0 heterocycles. The molecular formula is C19H20ClNO5S. The van der Waals surface area contributed by atoms with Crippen LogP contribution >= 0.6 is 11.6 Å². The van der Waals surface area contributed by atoms with Gasteiger partial charge in [0.05, 0.1) is 29.0 Å².